The lowest BCUT2D eigenvalue weighted by molar-refractivity contribution is 0.623. The van der Waals surface area contributed by atoms with Crippen molar-refractivity contribution in [2.24, 2.45) is 0 Å². The number of hydrogen-bond donors (Lipinski definition) is 0. The maximum atomic E-state index is 9.64. The molecule has 2 heteroatoms. The van der Waals surface area contributed by atoms with Crippen LogP contribution in [0.15, 0.2) is 11.5 Å². The number of rotatable bonds is 2. The topological polar surface area (TPSA) is 23.1 Å². The normalized spacial score (nSPS) is 8.17. The van der Waals surface area contributed by atoms with E-state index in [1.807, 2.05) is 0 Å². The second kappa shape index (κ2) is 3.12. The highest BCUT2D eigenvalue weighted by Crippen LogP contribution is 2.09. The fourth-order valence-corrected chi connectivity index (χ4v) is 0.125. The molecule has 34 valence electrons. The lowest BCUT2D eigenvalue weighted by Gasteiger charge is -1.98. The van der Waals surface area contributed by atoms with Gasteiger partial charge in [-0.05, 0) is 0 Å². The summed E-state index contributed by atoms with van der Waals surface area (Å²) >= 11 is 0.418. The minimum atomic E-state index is 0.418. The van der Waals surface area contributed by atoms with Crippen molar-refractivity contribution in [3.63, 3.8) is 0 Å². The van der Waals surface area contributed by atoms with E-state index in [1.165, 1.54) is 0 Å². The first kappa shape index (κ1) is 5.92. The van der Waals surface area contributed by atoms with E-state index in [0.29, 0.717) is 23.4 Å². The van der Waals surface area contributed by atoms with Crippen LogP contribution in [0.1, 0.15) is 6.42 Å². The monoisotopic (exact) mass is 102 g/mol. The van der Waals surface area contributed by atoms with Crippen molar-refractivity contribution in [1.29, 1.82) is 0 Å². The molecule has 0 aliphatic heterocycles. The first-order chi connectivity index (χ1) is 2.81. The van der Waals surface area contributed by atoms with Crippen molar-refractivity contribution in [2.75, 3.05) is 0 Å². The lowest BCUT2D eigenvalue weighted by Crippen LogP contribution is -1.63. The standard InChI is InChI=1S/C4H6OS/c1-3-4(2)6-5/h1-3H2. The molecule has 0 spiro atoms. The number of hydrogen-bond acceptors (Lipinski definition) is 2. The van der Waals surface area contributed by atoms with Crippen molar-refractivity contribution in [3.8, 4) is 0 Å². The highest BCUT2D eigenvalue weighted by atomic mass is 32.2. The van der Waals surface area contributed by atoms with Gasteiger partial charge in [-0.1, -0.05) is 6.58 Å². The van der Waals surface area contributed by atoms with Crippen LogP contribution in [-0.2, 0) is 0 Å². The minimum absolute atomic E-state index is 0.418. The van der Waals surface area contributed by atoms with Crippen LogP contribution >= 0.6 is 12.0 Å². The lowest BCUT2D eigenvalue weighted by atomic mass is 10.5. The van der Waals surface area contributed by atoms with Gasteiger partial charge in [0, 0.05) is 4.91 Å². The van der Waals surface area contributed by atoms with Crippen LogP contribution in [0.2, 0.25) is 0 Å². The molecule has 0 aromatic rings. The van der Waals surface area contributed by atoms with Gasteiger partial charge in [0.1, 0.15) is 6.42 Å². The molecule has 0 aromatic carbocycles. The summed E-state index contributed by atoms with van der Waals surface area (Å²) < 4.78 is 9.64. The first-order valence-electron chi connectivity index (χ1n) is 1.58. The molecule has 0 aliphatic rings. The van der Waals surface area contributed by atoms with Crippen LogP contribution in [0.3, 0.4) is 0 Å². The molecule has 0 N–H and O–H groups in total. The van der Waals surface area contributed by atoms with Crippen molar-refractivity contribution in [3.05, 3.63) is 18.4 Å². The van der Waals surface area contributed by atoms with E-state index < -0.39 is 0 Å². The Balaban J connectivity index is 2.99. The molecular weight excluding hydrogens is 96.1 g/mol. The van der Waals surface area contributed by atoms with Crippen molar-refractivity contribution >= 4 is 12.0 Å². The SMILES string of the molecule is C=C(C[CH2+])S[O-]. The maximum absolute atomic E-state index is 9.64. The Morgan fingerprint density at radius 1 is 2.00 bits per heavy atom. The van der Waals surface area contributed by atoms with Crippen molar-refractivity contribution in [1.82, 2.24) is 0 Å². The Kier molecular flexibility index (Phi) is 3.08. The summed E-state index contributed by atoms with van der Waals surface area (Å²) in [5.41, 5.74) is 0. The summed E-state index contributed by atoms with van der Waals surface area (Å²) in [5.74, 6) is 0. The van der Waals surface area contributed by atoms with Crippen LogP contribution in [0, 0.1) is 6.92 Å². The van der Waals surface area contributed by atoms with E-state index in [1.54, 1.807) is 0 Å². The van der Waals surface area contributed by atoms with Gasteiger partial charge in [-0.25, -0.2) is 12.0 Å². The average molecular weight is 102 g/mol. The largest absolute Gasteiger partial charge is 0.795 e. The molecule has 1 nitrogen and oxygen atoms in total. The smallest absolute Gasteiger partial charge is 0.114 e. The van der Waals surface area contributed by atoms with E-state index in [2.05, 4.69) is 13.5 Å². The third-order valence-electron chi connectivity index (χ3n) is 0.397. The zero-order valence-electron chi connectivity index (χ0n) is 3.44. The molecule has 0 fully saturated rings. The third-order valence-corrected chi connectivity index (χ3v) is 0.837. The molecule has 0 saturated heterocycles. The molecule has 0 radical (unpaired) electrons. The van der Waals surface area contributed by atoms with Gasteiger partial charge in [0.25, 0.3) is 0 Å². The first-order valence-corrected chi connectivity index (χ1v) is 2.32. The zero-order valence-corrected chi connectivity index (χ0v) is 4.25. The van der Waals surface area contributed by atoms with Gasteiger partial charge < -0.3 is 4.55 Å². The van der Waals surface area contributed by atoms with Crippen molar-refractivity contribution < 1.29 is 4.55 Å². The summed E-state index contributed by atoms with van der Waals surface area (Å²) in [6.45, 7) is 6.82. The van der Waals surface area contributed by atoms with Crippen molar-refractivity contribution in [2.45, 2.75) is 6.42 Å². The van der Waals surface area contributed by atoms with Gasteiger partial charge >= 0.3 is 0 Å². The Morgan fingerprint density at radius 2 is 2.50 bits per heavy atom. The maximum Gasteiger partial charge on any atom is 0.114 e. The molecule has 6 heavy (non-hydrogen) atoms. The summed E-state index contributed by atoms with van der Waals surface area (Å²) in [7, 11) is 0. The van der Waals surface area contributed by atoms with E-state index in [9.17, 15) is 4.55 Å². The highest BCUT2D eigenvalue weighted by Gasteiger charge is 1.80. The van der Waals surface area contributed by atoms with E-state index >= 15 is 0 Å². The van der Waals surface area contributed by atoms with Crippen LogP contribution < -0.4 is 0 Å². The van der Waals surface area contributed by atoms with Gasteiger partial charge in [0.05, 0.1) is 6.92 Å². The molecule has 0 atom stereocenters. The average Bonchev–Trinajstić information content (AvgIpc) is 1.65. The fraction of sp³-hybridized carbons (Fsp3) is 0.250. The quantitative estimate of drug-likeness (QED) is 0.390. The highest BCUT2D eigenvalue weighted by molar-refractivity contribution is 7.97. The van der Waals surface area contributed by atoms with Crippen LogP contribution in [0.4, 0.5) is 0 Å². The summed E-state index contributed by atoms with van der Waals surface area (Å²) in [4.78, 5) is 0.593. The molecule has 0 heterocycles. The molecule has 0 saturated carbocycles. The molecule has 0 rings (SSSR count). The summed E-state index contributed by atoms with van der Waals surface area (Å²) in [5, 5.41) is 0. The predicted octanol–water partition coefficient (Wildman–Crippen LogP) is 1.59. The van der Waals surface area contributed by atoms with Crippen LogP contribution in [0.25, 0.3) is 0 Å². The summed E-state index contributed by atoms with van der Waals surface area (Å²) in [6.07, 6.45) is 0.536. The Morgan fingerprint density at radius 3 is 2.50 bits per heavy atom. The van der Waals surface area contributed by atoms with E-state index in [-0.39, 0.29) is 0 Å². The summed E-state index contributed by atoms with van der Waals surface area (Å²) in [6, 6.07) is 0. The van der Waals surface area contributed by atoms with Gasteiger partial charge in [-0.15, -0.1) is 0 Å². The second-order valence-corrected chi connectivity index (χ2v) is 1.62. The van der Waals surface area contributed by atoms with Crippen LogP contribution in [-0.4, -0.2) is 4.55 Å². The Hall–Kier alpha value is -0.0800. The minimum Gasteiger partial charge on any atom is -0.795 e. The van der Waals surface area contributed by atoms with Gasteiger partial charge in [-0.2, -0.15) is 0 Å². The Bertz CT molecular complexity index is 45.5. The molecule has 0 bridgehead atoms. The number of allylic oxidation sites excluding steroid dienone is 1. The zero-order chi connectivity index (χ0) is 4.99. The van der Waals surface area contributed by atoms with Gasteiger partial charge in [0.15, 0.2) is 0 Å². The van der Waals surface area contributed by atoms with Crippen LogP contribution in [0.5, 0.6) is 0 Å². The molecule has 0 unspecified atom stereocenters. The predicted molar refractivity (Wildman–Crippen MR) is 27.5 cm³/mol. The molecule has 0 amide bonds. The molecule has 0 aromatic heterocycles. The van der Waals surface area contributed by atoms with Gasteiger partial charge in [-0.3, -0.25) is 0 Å². The third kappa shape index (κ3) is 2.18. The van der Waals surface area contributed by atoms with E-state index in [4.69, 9.17) is 0 Å². The molecule has 0 aliphatic carbocycles. The van der Waals surface area contributed by atoms with E-state index in [0.717, 1.165) is 0 Å². The molecular formula is C4H6OS. The second-order valence-electron chi connectivity index (χ2n) is 0.872. The van der Waals surface area contributed by atoms with Gasteiger partial charge in [0.2, 0.25) is 0 Å². The fourth-order valence-electron chi connectivity index (χ4n) is 0.0417. The Labute approximate surface area is 42.3 Å².